The summed E-state index contributed by atoms with van der Waals surface area (Å²) in [5.41, 5.74) is 0.166. The molecule has 250 valence electrons. The van der Waals surface area contributed by atoms with Crippen LogP contribution in [-0.2, 0) is 19.5 Å². The lowest BCUT2D eigenvalue weighted by molar-refractivity contribution is -0.0956. The minimum absolute atomic E-state index is 0.0694. The van der Waals surface area contributed by atoms with Crippen LogP contribution in [0.2, 0.25) is 18.1 Å². The maximum Gasteiger partial charge on any atom is 0.330 e. The van der Waals surface area contributed by atoms with E-state index in [-0.39, 0.29) is 11.6 Å². The van der Waals surface area contributed by atoms with Crippen molar-refractivity contribution in [3.05, 3.63) is 129 Å². The van der Waals surface area contributed by atoms with Gasteiger partial charge in [-0.3, -0.25) is 14.3 Å². The molecule has 3 aromatic carbocycles. The van der Waals surface area contributed by atoms with E-state index >= 15 is 0 Å². The van der Waals surface area contributed by atoms with Crippen LogP contribution in [-0.4, -0.2) is 62.1 Å². The van der Waals surface area contributed by atoms with Gasteiger partial charge in [-0.1, -0.05) is 75.4 Å². The van der Waals surface area contributed by atoms with E-state index in [0.717, 1.165) is 16.7 Å². The van der Waals surface area contributed by atoms with Crippen LogP contribution >= 0.6 is 0 Å². The predicted octanol–water partition coefficient (Wildman–Crippen LogP) is 5.21. The molecule has 1 aliphatic rings. The third-order valence-electron chi connectivity index (χ3n) is 9.31. The summed E-state index contributed by atoms with van der Waals surface area (Å²) in [6.07, 6.45) is -2.60. The molecule has 1 aliphatic heterocycles. The molecule has 1 saturated heterocycles. The molecule has 0 aliphatic carbocycles. The quantitative estimate of drug-likeness (QED) is 0.166. The van der Waals surface area contributed by atoms with Crippen LogP contribution in [0.25, 0.3) is 0 Å². The molecule has 1 unspecified atom stereocenters. The number of hydrogen-bond acceptors (Lipinski definition) is 8. The van der Waals surface area contributed by atoms with E-state index in [4.69, 9.17) is 23.4 Å². The van der Waals surface area contributed by atoms with E-state index < -0.39 is 49.7 Å². The second kappa shape index (κ2) is 13.6. The molecule has 1 aromatic heterocycles. The van der Waals surface area contributed by atoms with Crippen molar-refractivity contribution in [2.24, 2.45) is 0 Å². The van der Waals surface area contributed by atoms with E-state index in [0.29, 0.717) is 11.5 Å². The van der Waals surface area contributed by atoms with Crippen molar-refractivity contribution in [3.63, 3.8) is 0 Å². The molecule has 4 atom stereocenters. The Labute approximate surface area is 276 Å². The van der Waals surface area contributed by atoms with Gasteiger partial charge in [0.25, 0.3) is 5.56 Å². The first-order chi connectivity index (χ1) is 22.3. The van der Waals surface area contributed by atoms with Gasteiger partial charge in [-0.25, -0.2) is 4.79 Å². The van der Waals surface area contributed by atoms with Gasteiger partial charge in [0, 0.05) is 12.3 Å². The Morgan fingerprint density at radius 3 is 1.85 bits per heavy atom. The van der Waals surface area contributed by atoms with E-state index in [1.54, 1.807) is 14.2 Å². The molecule has 11 heteroatoms. The summed E-state index contributed by atoms with van der Waals surface area (Å²) in [7, 11) is 0.760. The number of aliphatic hydroxyl groups is 1. The number of H-pyrrole nitrogens is 1. The third kappa shape index (κ3) is 6.86. The highest BCUT2D eigenvalue weighted by atomic mass is 28.4. The highest BCUT2D eigenvalue weighted by molar-refractivity contribution is 6.74. The number of aromatic amines is 1. The van der Waals surface area contributed by atoms with Gasteiger partial charge in [-0.15, -0.1) is 0 Å². The second-order valence-electron chi connectivity index (χ2n) is 13.2. The molecule has 1 fully saturated rings. The maximum absolute atomic E-state index is 13.0. The fraction of sp³-hybridized carbons (Fsp3) is 0.389. The van der Waals surface area contributed by atoms with Crippen molar-refractivity contribution in [2.75, 3.05) is 20.8 Å². The number of methoxy groups -OCH3 is 2. The molecule has 47 heavy (non-hydrogen) atoms. The lowest BCUT2D eigenvalue weighted by Gasteiger charge is -2.40. The normalized spacial score (nSPS) is 20.3. The Kier molecular flexibility index (Phi) is 9.95. The summed E-state index contributed by atoms with van der Waals surface area (Å²) in [6, 6.07) is 26.4. The number of hydrogen-bond donors (Lipinski definition) is 2. The van der Waals surface area contributed by atoms with Crippen molar-refractivity contribution >= 4 is 8.32 Å². The molecule has 2 N–H and O–H groups in total. The SMILES string of the molecule is COc1ccc(C(OC[C@H]2O[C@@H](n3ccc(=O)[nH]c3=O)C(O[Si](C)(C)C(C)(C)C)[C@H]2O)(c2ccccc2)c2ccc(OC)cc2)cc1. The van der Waals surface area contributed by atoms with Gasteiger partial charge in [-0.2, -0.15) is 0 Å². The van der Waals surface area contributed by atoms with E-state index in [9.17, 15) is 14.7 Å². The summed E-state index contributed by atoms with van der Waals surface area (Å²) < 4.78 is 32.4. The van der Waals surface area contributed by atoms with Crippen molar-refractivity contribution in [3.8, 4) is 11.5 Å². The van der Waals surface area contributed by atoms with Gasteiger partial charge in [-0.05, 0) is 59.1 Å². The number of aliphatic hydroxyl groups excluding tert-OH is 1. The van der Waals surface area contributed by atoms with Crippen molar-refractivity contribution in [1.82, 2.24) is 9.55 Å². The molecule has 0 radical (unpaired) electrons. The molecule has 0 amide bonds. The van der Waals surface area contributed by atoms with Crippen LogP contribution in [0.5, 0.6) is 11.5 Å². The Bertz CT molecular complexity index is 1700. The second-order valence-corrected chi connectivity index (χ2v) is 18.0. The van der Waals surface area contributed by atoms with Crippen molar-refractivity contribution < 1.29 is 28.5 Å². The number of benzene rings is 3. The first kappa shape index (κ1) is 34.3. The highest BCUT2D eigenvalue weighted by Gasteiger charge is 2.51. The topological polar surface area (TPSA) is 121 Å². The first-order valence-corrected chi connectivity index (χ1v) is 18.5. The van der Waals surface area contributed by atoms with E-state index in [1.807, 2.05) is 78.9 Å². The van der Waals surface area contributed by atoms with Gasteiger partial charge in [0.1, 0.15) is 35.4 Å². The molecule has 0 saturated carbocycles. The average Bonchev–Trinajstić information content (AvgIpc) is 3.35. The van der Waals surface area contributed by atoms with Gasteiger partial charge in [0.05, 0.1) is 20.8 Å². The standard InChI is InChI=1S/C36H44N2O8Si/c1-35(2,3)47(6,7)46-32-31(40)29(45-33(32)38-22-21-30(39)37-34(38)41)23-44-36(24-11-9-8-10-12-24,25-13-17-27(42-4)18-14-25)26-15-19-28(43-5)20-16-26/h8-22,29,31-33,40H,23H2,1-7H3,(H,37,39,41)/t29-,31+,32?,33-/m1/s1. The monoisotopic (exact) mass is 660 g/mol. The van der Waals surface area contributed by atoms with Crippen LogP contribution in [0.4, 0.5) is 0 Å². The summed E-state index contributed by atoms with van der Waals surface area (Å²) in [5.74, 6) is 1.39. The highest BCUT2D eigenvalue weighted by Crippen LogP contribution is 2.44. The first-order valence-electron chi connectivity index (χ1n) is 15.6. The number of rotatable bonds is 11. The third-order valence-corrected chi connectivity index (χ3v) is 13.8. The number of nitrogens with one attached hydrogen (secondary N) is 1. The van der Waals surface area contributed by atoms with Crippen molar-refractivity contribution in [2.45, 2.75) is 69.0 Å². The van der Waals surface area contributed by atoms with Crippen LogP contribution in [0.1, 0.15) is 43.7 Å². The van der Waals surface area contributed by atoms with E-state index in [1.165, 1.54) is 16.8 Å². The van der Waals surface area contributed by atoms with Gasteiger partial charge >= 0.3 is 5.69 Å². The summed E-state index contributed by atoms with van der Waals surface area (Å²) in [6.45, 7) is 10.4. The van der Waals surface area contributed by atoms with Gasteiger partial charge in [0.2, 0.25) is 0 Å². The molecule has 0 spiro atoms. The van der Waals surface area contributed by atoms with Crippen LogP contribution in [0, 0.1) is 0 Å². The molecular weight excluding hydrogens is 616 g/mol. The van der Waals surface area contributed by atoms with Gasteiger partial charge in [0.15, 0.2) is 14.5 Å². The molecule has 2 heterocycles. The minimum Gasteiger partial charge on any atom is -0.497 e. The minimum atomic E-state index is -2.47. The van der Waals surface area contributed by atoms with Crippen LogP contribution in [0.15, 0.2) is 101 Å². The lowest BCUT2D eigenvalue weighted by Crippen LogP contribution is -2.50. The summed E-state index contributed by atoms with van der Waals surface area (Å²) in [4.78, 5) is 27.2. The zero-order valence-corrected chi connectivity index (χ0v) is 28.9. The number of ether oxygens (including phenoxy) is 4. The van der Waals surface area contributed by atoms with Gasteiger partial charge < -0.3 is 28.5 Å². The lowest BCUT2D eigenvalue weighted by atomic mass is 9.80. The van der Waals surface area contributed by atoms with Crippen LogP contribution < -0.4 is 20.7 Å². The zero-order valence-electron chi connectivity index (χ0n) is 27.9. The smallest absolute Gasteiger partial charge is 0.330 e. The predicted molar refractivity (Wildman–Crippen MR) is 182 cm³/mol. The molecule has 5 rings (SSSR count). The zero-order chi connectivity index (χ0) is 34.0. The Morgan fingerprint density at radius 2 is 1.36 bits per heavy atom. The van der Waals surface area contributed by atoms with E-state index in [2.05, 4.69) is 38.8 Å². The molecule has 0 bridgehead atoms. The summed E-state index contributed by atoms with van der Waals surface area (Å²) >= 11 is 0. The number of nitrogens with zero attached hydrogens (tertiary/aromatic N) is 1. The maximum atomic E-state index is 13.0. The van der Waals surface area contributed by atoms with Crippen molar-refractivity contribution in [1.29, 1.82) is 0 Å². The average molecular weight is 661 g/mol. The number of aromatic nitrogens is 2. The molecular formula is C36H44N2O8Si. The fourth-order valence-electron chi connectivity index (χ4n) is 5.63. The Balaban J connectivity index is 1.59. The molecule has 10 nitrogen and oxygen atoms in total. The Hall–Kier alpha value is -4.00. The fourth-order valence-corrected chi connectivity index (χ4v) is 6.92. The Morgan fingerprint density at radius 1 is 0.830 bits per heavy atom. The van der Waals surface area contributed by atoms with Crippen LogP contribution in [0.3, 0.4) is 0 Å². The summed E-state index contributed by atoms with van der Waals surface area (Å²) in [5, 5.41) is 11.7. The molecule has 4 aromatic rings. The largest absolute Gasteiger partial charge is 0.497 e.